The molecule has 1 aromatic carbocycles. The molecule has 0 aromatic heterocycles. The highest BCUT2D eigenvalue weighted by Gasteiger charge is 2.27. The first kappa shape index (κ1) is 23.4. The van der Waals surface area contributed by atoms with E-state index in [4.69, 9.17) is 0 Å². The van der Waals surface area contributed by atoms with Gasteiger partial charge in [-0.25, -0.2) is 0 Å². The van der Waals surface area contributed by atoms with Gasteiger partial charge in [0.15, 0.2) is 13.1 Å². The Labute approximate surface area is 176 Å². The van der Waals surface area contributed by atoms with Gasteiger partial charge in [0.25, 0.3) is 11.8 Å². The Bertz CT molecular complexity index is 671. The van der Waals surface area contributed by atoms with Crippen molar-refractivity contribution in [1.82, 2.24) is 10.2 Å². The number of benzene rings is 1. The van der Waals surface area contributed by atoms with Gasteiger partial charge >= 0.3 is 0 Å². The Morgan fingerprint density at radius 1 is 1.14 bits per heavy atom. The summed E-state index contributed by atoms with van der Waals surface area (Å²) in [4.78, 5) is 27.5. The zero-order valence-electron chi connectivity index (χ0n) is 19.0. The topological polar surface area (TPSA) is 70.5 Å². The summed E-state index contributed by atoms with van der Waals surface area (Å²) in [5, 5.41) is 4.85. The fourth-order valence-electron chi connectivity index (χ4n) is 3.92. The highest BCUT2D eigenvalue weighted by atomic mass is 16.2. The van der Waals surface area contributed by atoms with Crippen LogP contribution in [-0.4, -0.2) is 63.0 Å². The second-order valence-corrected chi connectivity index (χ2v) is 9.56. The van der Waals surface area contributed by atoms with Crippen molar-refractivity contribution in [3.8, 4) is 0 Å². The van der Waals surface area contributed by atoms with E-state index in [-0.39, 0.29) is 23.3 Å². The number of carbonyl (C=O) groups excluding carboxylic acids is 2. The molecule has 1 aromatic rings. The van der Waals surface area contributed by atoms with Crippen LogP contribution in [0.3, 0.4) is 0 Å². The van der Waals surface area contributed by atoms with E-state index in [9.17, 15) is 9.59 Å². The van der Waals surface area contributed by atoms with Crippen LogP contribution in [0, 0.1) is 5.92 Å². The summed E-state index contributed by atoms with van der Waals surface area (Å²) in [6, 6.07) is 9.14. The smallest absolute Gasteiger partial charge is 0.278 e. The first-order valence-electron chi connectivity index (χ1n) is 10.9. The summed E-state index contributed by atoms with van der Waals surface area (Å²) in [5.41, 5.74) is 2.76. The number of nitrogens with two attached hydrogens (primary N) is 1. The van der Waals surface area contributed by atoms with Gasteiger partial charge in [-0.1, -0.05) is 58.9 Å². The predicted octanol–water partition coefficient (Wildman–Crippen LogP) is -0.282. The normalized spacial score (nSPS) is 16.7. The van der Waals surface area contributed by atoms with Crippen LogP contribution >= 0.6 is 0 Å². The van der Waals surface area contributed by atoms with Gasteiger partial charge < -0.3 is 20.4 Å². The van der Waals surface area contributed by atoms with Crippen LogP contribution in [-0.2, 0) is 15.0 Å². The minimum Gasteiger partial charge on any atom is -0.354 e. The Morgan fingerprint density at radius 3 is 2.21 bits per heavy atom. The maximum absolute atomic E-state index is 12.7. The number of hydrogen-bond donors (Lipinski definition) is 3. The molecular weight excluding hydrogens is 364 g/mol. The highest BCUT2D eigenvalue weighted by Crippen LogP contribution is 2.25. The molecule has 0 bridgehead atoms. The third-order valence-electron chi connectivity index (χ3n) is 5.94. The molecule has 2 rings (SSSR count). The van der Waals surface area contributed by atoms with Crippen molar-refractivity contribution in [2.24, 2.45) is 5.92 Å². The van der Waals surface area contributed by atoms with Crippen molar-refractivity contribution in [2.75, 3.05) is 46.3 Å². The standard InChI is InChI=1S/C23H38N4O2/c1-17(2)22(18-7-9-19(10-8-18)23(3,4)5)25-15-21(29)27-13-11-26(12-14-27)16-20(28)24-6/h7-10,17,22,25H,11-16H2,1-6H3,(H,24,28)/p+2/t22-/m1/s1. The molecule has 1 aliphatic rings. The molecule has 1 heterocycles. The van der Waals surface area contributed by atoms with Gasteiger partial charge in [0.05, 0.1) is 26.2 Å². The molecule has 1 fully saturated rings. The lowest BCUT2D eigenvalue weighted by Gasteiger charge is -2.32. The maximum Gasteiger partial charge on any atom is 0.278 e. The van der Waals surface area contributed by atoms with Crippen molar-refractivity contribution < 1.29 is 19.8 Å². The van der Waals surface area contributed by atoms with Crippen LogP contribution < -0.4 is 15.5 Å². The molecule has 2 amide bonds. The molecule has 0 aliphatic carbocycles. The lowest BCUT2D eigenvalue weighted by molar-refractivity contribution is -0.896. The molecule has 0 spiro atoms. The quantitative estimate of drug-likeness (QED) is 0.585. The number of hydrogen-bond acceptors (Lipinski definition) is 2. The van der Waals surface area contributed by atoms with Crippen LogP contribution in [0.2, 0.25) is 0 Å². The van der Waals surface area contributed by atoms with Gasteiger partial charge in [-0.05, 0) is 11.0 Å². The second-order valence-electron chi connectivity index (χ2n) is 9.56. The molecule has 1 atom stereocenters. The number of amides is 2. The van der Waals surface area contributed by atoms with E-state index in [1.54, 1.807) is 7.05 Å². The predicted molar refractivity (Wildman–Crippen MR) is 116 cm³/mol. The number of quaternary nitrogens is 2. The first-order valence-corrected chi connectivity index (χ1v) is 10.9. The summed E-state index contributed by atoms with van der Waals surface area (Å²) >= 11 is 0. The molecule has 4 N–H and O–H groups in total. The van der Waals surface area contributed by atoms with E-state index in [1.165, 1.54) is 16.0 Å². The maximum atomic E-state index is 12.7. The minimum atomic E-state index is 0.0605. The molecule has 0 saturated carbocycles. The number of likely N-dealkylation sites (N-methyl/N-ethyl adjacent to an activating group) is 1. The van der Waals surface area contributed by atoms with E-state index in [0.29, 0.717) is 19.0 Å². The van der Waals surface area contributed by atoms with Crippen LogP contribution in [0.25, 0.3) is 0 Å². The van der Waals surface area contributed by atoms with Crippen LogP contribution in [0.5, 0.6) is 0 Å². The number of rotatable bonds is 7. The average Bonchev–Trinajstić information content (AvgIpc) is 2.68. The van der Waals surface area contributed by atoms with Gasteiger partial charge in [-0.15, -0.1) is 0 Å². The van der Waals surface area contributed by atoms with Crippen LogP contribution in [0.4, 0.5) is 0 Å². The highest BCUT2D eigenvalue weighted by molar-refractivity contribution is 5.77. The monoisotopic (exact) mass is 404 g/mol. The molecule has 162 valence electrons. The molecular formula is C23H40N4O2+2. The first-order chi connectivity index (χ1) is 13.6. The third-order valence-corrected chi connectivity index (χ3v) is 5.94. The summed E-state index contributed by atoms with van der Waals surface area (Å²) in [6.45, 7) is 15.2. The Morgan fingerprint density at radius 2 is 1.72 bits per heavy atom. The van der Waals surface area contributed by atoms with Crippen LogP contribution in [0.1, 0.15) is 51.8 Å². The summed E-state index contributed by atoms with van der Waals surface area (Å²) in [7, 11) is 1.67. The van der Waals surface area contributed by atoms with E-state index >= 15 is 0 Å². The largest absolute Gasteiger partial charge is 0.354 e. The van der Waals surface area contributed by atoms with Crippen LogP contribution in [0.15, 0.2) is 24.3 Å². The molecule has 0 unspecified atom stereocenters. The van der Waals surface area contributed by atoms with Gasteiger partial charge in [0.2, 0.25) is 0 Å². The molecule has 6 heteroatoms. The molecule has 29 heavy (non-hydrogen) atoms. The van der Waals surface area contributed by atoms with E-state index < -0.39 is 0 Å². The third kappa shape index (κ3) is 6.82. The van der Waals surface area contributed by atoms with Gasteiger partial charge in [0, 0.05) is 18.5 Å². The number of carbonyl (C=O) groups is 2. The summed E-state index contributed by atoms with van der Waals surface area (Å²) in [5.74, 6) is 0.698. The average molecular weight is 405 g/mol. The van der Waals surface area contributed by atoms with Crippen molar-refractivity contribution in [2.45, 2.75) is 46.1 Å². The Hall–Kier alpha value is -1.92. The lowest BCUT2D eigenvalue weighted by atomic mass is 9.85. The van der Waals surface area contributed by atoms with E-state index in [1.807, 2.05) is 4.90 Å². The van der Waals surface area contributed by atoms with Crippen molar-refractivity contribution in [1.29, 1.82) is 0 Å². The lowest BCUT2D eigenvalue weighted by Crippen LogP contribution is -3.16. The van der Waals surface area contributed by atoms with Gasteiger partial charge in [-0.2, -0.15) is 0 Å². The van der Waals surface area contributed by atoms with Crippen molar-refractivity contribution in [3.63, 3.8) is 0 Å². The van der Waals surface area contributed by atoms with Gasteiger partial charge in [0.1, 0.15) is 6.04 Å². The fraction of sp³-hybridized carbons (Fsp3) is 0.652. The molecule has 1 aliphatic heterocycles. The van der Waals surface area contributed by atoms with Gasteiger partial charge in [-0.3, -0.25) is 9.59 Å². The number of piperazine rings is 1. The van der Waals surface area contributed by atoms with Crippen molar-refractivity contribution >= 4 is 11.8 Å². The number of nitrogens with one attached hydrogen (secondary N) is 2. The fourth-order valence-corrected chi connectivity index (χ4v) is 3.92. The SMILES string of the molecule is CNC(=O)C[NH+]1CCN(C(=O)C[NH2+][C@@H](c2ccc(C(C)(C)C)cc2)C(C)C)CC1. The minimum absolute atomic E-state index is 0.0605. The molecule has 0 radical (unpaired) electrons. The summed E-state index contributed by atoms with van der Waals surface area (Å²) < 4.78 is 0. The number of nitrogens with zero attached hydrogens (tertiary/aromatic N) is 1. The zero-order valence-corrected chi connectivity index (χ0v) is 19.0. The Balaban J connectivity index is 1.89. The Kier molecular flexibility index (Phi) is 8.23. The second kappa shape index (κ2) is 10.2. The molecule has 6 nitrogen and oxygen atoms in total. The molecule has 1 saturated heterocycles. The van der Waals surface area contributed by atoms with Crippen molar-refractivity contribution in [3.05, 3.63) is 35.4 Å². The zero-order chi connectivity index (χ0) is 21.6. The van der Waals surface area contributed by atoms with E-state index in [0.717, 1.165) is 26.2 Å². The van der Waals surface area contributed by atoms with E-state index in [2.05, 4.69) is 69.5 Å². The summed E-state index contributed by atoms with van der Waals surface area (Å²) in [6.07, 6.45) is 0.